The predicted octanol–water partition coefficient (Wildman–Crippen LogP) is 3.92. The molecule has 1 N–H and O–H groups in total. The van der Waals surface area contributed by atoms with Crippen LogP contribution < -0.4 is 0 Å². The van der Waals surface area contributed by atoms with Crippen molar-refractivity contribution in [2.45, 2.75) is 64.9 Å². The highest BCUT2D eigenvalue weighted by Crippen LogP contribution is 2.14. The molecule has 0 heterocycles. The number of terminal acetylenes is 1. The molecule has 0 unspecified atom stereocenters. The van der Waals surface area contributed by atoms with Gasteiger partial charge in [-0.3, -0.25) is 0 Å². The fourth-order valence-electron chi connectivity index (χ4n) is 1.66. The molecule has 0 aromatic carbocycles. The second-order valence-corrected chi connectivity index (χ2v) is 4.33. The van der Waals surface area contributed by atoms with Crippen molar-refractivity contribution in [1.29, 1.82) is 0 Å². The molecule has 0 aliphatic heterocycles. The van der Waals surface area contributed by atoms with Gasteiger partial charge in [0, 0.05) is 5.92 Å². The molecule has 1 heteroatoms. The molecule has 0 radical (unpaired) electrons. The number of aliphatic hydroxyl groups is 1. The summed E-state index contributed by atoms with van der Waals surface area (Å²) in [6.45, 7) is 4.34. The topological polar surface area (TPSA) is 20.2 Å². The zero-order valence-corrected chi connectivity index (χ0v) is 10.8. The van der Waals surface area contributed by atoms with Gasteiger partial charge in [0.2, 0.25) is 0 Å². The fraction of sp³-hybridized carbons (Fsp3) is 0.733. The van der Waals surface area contributed by atoms with Crippen LogP contribution in [0.15, 0.2) is 12.2 Å². The van der Waals surface area contributed by atoms with Gasteiger partial charge in [-0.1, -0.05) is 58.1 Å². The SMILES string of the molecule is C#C[C@@H](CCCCC)[C@H](O)/C=C/CCCC. The summed E-state index contributed by atoms with van der Waals surface area (Å²) < 4.78 is 0. The van der Waals surface area contributed by atoms with Gasteiger partial charge in [0.1, 0.15) is 0 Å². The van der Waals surface area contributed by atoms with E-state index < -0.39 is 6.10 Å². The summed E-state index contributed by atoms with van der Waals surface area (Å²) in [5, 5.41) is 9.88. The molecule has 0 spiro atoms. The van der Waals surface area contributed by atoms with Gasteiger partial charge in [0.25, 0.3) is 0 Å². The van der Waals surface area contributed by atoms with Crippen LogP contribution in [0, 0.1) is 18.3 Å². The third kappa shape index (κ3) is 7.54. The Bertz CT molecular complexity index is 212. The van der Waals surface area contributed by atoms with Crippen LogP contribution in [-0.4, -0.2) is 11.2 Å². The van der Waals surface area contributed by atoms with E-state index in [-0.39, 0.29) is 5.92 Å². The normalized spacial score (nSPS) is 14.9. The van der Waals surface area contributed by atoms with Crippen LogP contribution in [0.1, 0.15) is 58.8 Å². The molecule has 2 atom stereocenters. The van der Waals surface area contributed by atoms with Crippen LogP contribution in [-0.2, 0) is 0 Å². The molecule has 16 heavy (non-hydrogen) atoms. The van der Waals surface area contributed by atoms with Gasteiger partial charge < -0.3 is 5.11 Å². The van der Waals surface area contributed by atoms with Gasteiger partial charge in [0.05, 0.1) is 6.10 Å². The first kappa shape index (κ1) is 15.3. The summed E-state index contributed by atoms with van der Waals surface area (Å²) in [6.07, 6.45) is 16.8. The maximum absolute atomic E-state index is 9.88. The standard InChI is InChI=1S/C15H26O/c1-4-7-9-11-13-15(16)14(6-3)12-10-8-5-2/h3,11,13-16H,4-5,7-10,12H2,1-2H3/b13-11+/t14-,15+/m0/s1. The maximum Gasteiger partial charge on any atom is 0.0858 e. The van der Waals surface area contributed by atoms with Gasteiger partial charge in [-0.15, -0.1) is 12.3 Å². The molecular formula is C15H26O. The fourth-order valence-corrected chi connectivity index (χ4v) is 1.66. The van der Waals surface area contributed by atoms with E-state index in [0.29, 0.717) is 0 Å². The molecule has 92 valence electrons. The molecule has 0 aromatic rings. The molecule has 0 saturated carbocycles. The first-order chi connectivity index (χ1) is 7.76. The number of rotatable bonds is 9. The zero-order valence-electron chi connectivity index (χ0n) is 10.8. The van der Waals surface area contributed by atoms with E-state index in [0.717, 1.165) is 19.3 Å². The third-order valence-electron chi connectivity index (χ3n) is 2.80. The van der Waals surface area contributed by atoms with E-state index in [1.807, 2.05) is 6.08 Å². The molecule has 0 bridgehead atoms. The minimum atomic E-state index is -0.460. The quantitative estimate of drug-likeness (QED) is 0.356. The van der Waals surface area contributed by atoms with Gasteiger partial charge in [-0.25, -0.2) is 0 Å². The number of hydrogen-bond acceptors (Lipinski definition) is 1. The van der Waals surface area contributed by atoms with Crippen molar-refractivity contribution >= 4 is 0 Å². The van der Waals surface area contributed by atoms with Crippen LogP contribution in [0.4, 0.5) is 0 Å². The van der Waals surface area contributed by atoms with E-state index in [9.17, 15) is 5.11 Å². The van der Waals surface area contributed by atoms with Crippen LogP contribution in [0.5, 0.6) is 0 Å². The molecule has 0 fully saturated rings. The molecule has 0 rings (SSSR count). The van der Waals surface area contributed by atoms with Crippen LogP contribution >= 0.6 is 0 Å². The lowest BCUT2D eigenvalue weighted by Gasteiger charge is -2.14. The van der Waals surface area contributed by atoms with E-state index in [1.165, 1.54) is 25.7 Å². The molecule has 0 aliphatic carbocycles. The van der Waals surface area contributed by atoms with Crippen LogP contribution in [0.25, 0.3) is 0 Å². The Kier molecular flexibility index (Phi) is 10.3. The van der Waals surface area contributed by atoms with Crippen molar-refractivity contribution < 1.29 is 5.11 Å². The summed E-state index contributed by atoms with van der Waals surface area (Å²) in [5.41, 5.74) is 0. The van der Waals surface area contributed by atoms with E-state index in [1.54, 1.807) is 0 Å². The van der Waals surface area contributed by atoms with E-state index in [2.05, 4.69) is 25.8 Å². The summed E-state index contributed by atoms with van der Waals surface area (Å²) >= 11 is 0. The first-order valence-corrected chi connectivity index (χ1v) is 6.57. The number of hydrogen-bond donors (Lipinski definition) is 1. The highest BCUT2D eigenvalue weighted by molar-refractivity contribution is 5.03. The Morgan fingerprint density at radius 2 is 1.88 bits per heavy atom. The van der Waals surface area contributed by atoms with Crippen LogP contribution in [0.2, 0.25) is 0 Å². The summed E-state index contributed by atoms with van der Waals surface area (Å²) in [5.74, 6) is 2.69. The lowest BCUT2D eigenvalue weighted by atomic mass is 9.95. The summed E-state index contributed by atoms with van der Waals surface area (Å²) in [6, 6.07) is 0. The Hall–Kier alpha value is -0.740. The molecule has 0 aliphatic rings. The van der Waals surface area contributed by atoms with Gasteiger partial charge in [-0.2, -0.15) is 0 Å². The van der Waals surface area contributed by atoms with E-state index in [4.69, 9.17) is 6.42 Å². The van der Waals surface area contributed by atoms with E-state index >= 15 is 0 Å². The lowest BCUT2D eigenvalue weighted by Crippen LogP contribution is -2.16. The lowest BCUT2D eigenvalue weighted by molar-refractivity contribution is 0.174. The number of aliphatic hydroxyl groups excluding tert-OH is 1. The predicted molar refractivity (Wildman–Crippen MR) is 71.1 cm³/mol. The Morgan fingerprint density at radius 1 is 1.19 bits per heavy atom. The molecular weight excluding hydrogens is 196 g/mol. The Morgan fingerprint density at radius 3 is 2.44 bits per heavy atom. The van der Waals surface area contributed by atoms with Crippen molar-refractivity contribution in [2.24, 2.45) is 5.92 Å². The zero-order chi connectivity index (χ0) is 12.2. The maximum atomic E-state index is 9.88. The number of unbranched alkanes of at least 4 members (excludes halogenated alkanes) is 4. The largest absolute Gasteiger partial charge is 0.388 e. The first-order valence-electron chi connectivity index (χ1n) is 6.57. The average Bonchev–Trinajstić information content (AvgIpc) is 2.30. The Balaban J connectivity index is 3.86. The highest BCUT2D eigenvalue weighted by Gasteiger charge is 2.12. The number of allylic oxidation sites excluding steroid dienone is 1. The molecule has 0 aromatic heterocycles. The van der Waals surface area contributed by atoms with Gasteiger partial charge in [-0.05, 0) is 12.8 Å². The van der Waals surface area contributed by atoms with Crippen molar-refractivity contribution in [3.05, 3.63) is 12.2 Å². The Labute approximate surface area is 101 Å². The molecule has 0 saturated heterocycles. The van der Waals surface area contributed by atoms with Crippen LogP contribution in [0.3, 0.4) is 0 Å². The van der Waals surface area contributed by atoms with Gasteiger partial charge >= 0.3 is 0 Å². The summed E-state index contributed by atoms with van der Waals surface area (Å²) in [7, 11) is 0. The third-order valence-corrected chi connectivity index (χ3v) is 2.80. The molecule has 0 amide bonds. The molecule has 1 nitrogen and oxygen atoms in total. The minimum Gasteiger partial charge on any atom is -0.388 e. The van der Waals surface area contributed by atoms with Crippen molar-refractivity contribution in [3.63, 3.8) is 0 Å². The highest BCUT2D eigenvalue weighted by atomic mass is 16.3. The van der Waals surface area contributed by atoms with Crippen molar-refractivity contribution in [2.75, 3.05) is 0 Å². The monoisotopic (exact) mass is 222 g/mol. The smallest absolute Gasteiger partial charge is 0.0858 e. The second-order valence-electron chi connectivity index (χ2n) is 4.33. The summed E-state index contributed by atoms with van der Waals surface area (Å²) in [4.78, 5) is 0. The minimum absolute atomic E-state index is 0.00979. The average molecular weight is 222 g/mol. The van der Waals surface area contributed by atoms with Gasteiger partial charge in [0.15, 0.2) is 0 Å². The van der Waals surface area contributed by atoms with Crippen molar-refractivity contribution in [3.8, 4) is 12.3 Å². The second kappa shape index (κ2) is 10.8. The van der Waals surface area contributed by atoms with Crippen molar-refractivity contribution in [1.82, 2.24) is 0 Å².